The van der Waals surface area contributed by atoms with Crippen LogP contribution in [0.5, 0.6) is 0 Å². The first-order chi connectivity index (χ1) is 9.16. The molecule has 0 radical (unpaired) electrons. The van der Waals surface area contributed by atoms with Gasteiger partial charge < -0.3 is 0 Å². The molecule has 0 unspecified atom stereocenters. The molecule has 0 aromatic heterocycles. The highest BCUT2D eigenvalue weighted by Crippen LogP contribution is 2.02. The quantitative estimate of drug-likeness (QED) is 0.362. The van der Waals surface area contributed by atoms with E-state index in [1.165, 1.54) is 24.3 Å². The van der Waals surface area contributed by atoms with E-state index in [0.29, 0.717) is 5.56 Å². The van der Waals surface area contributed by atoms with Crippen LogP contribution >= 0.6 is 0 Å². The van der Waals surface area contributed by atoms with Gasteiger partial charge in [-0.05, 0) is 36.4 Å². The minimum Gasteiger partial charge on any atom is -0.284 e. The van der Waals surface area contributed by atoms with E-state index in [1.807, 2.05) is 18.2 Å². The molecule has 0 saturated heterocycles. The molecule has 0 aliphatic carbocycles. The number of rotatable bonds is 3. The summed E-state index contributed by atoms with van der Waals surface area (Å²) in [5, 5.41) is 2.36. The molecule has 3 N–H and O–H groups in total. The molecule has 0 aliphatic heterocycles. The summed E-state index contributed by atoms with van der Waals surface area (Å²) in [5.74, 6) is -0.838. The summed E-state index contributed by atoms with van der Waals surface area (Å²) in [6, 6.07) is 14.0. The molecule has 4 nitrogen and oxygen atoms in total. The summed E-state index contributed by atoms with van der Waals surface area (Å²) >= 11 is 0. The molecule has 19 heavy (non-hydrogen) atoms. The van der Waals surface area contributed by atoms with Crippen LogP contribution in [0.4, 0.5) is 4.39 Å². The molecule has 2 rings (SSSR count). The smallest absolute Gasteiger partial charge is 0.284 e. The second-order valence-electron chi connectivity index (χ2n) is 3.78. The summed E-state index contributed by atoms with van der Waals surface area (Å²) in [5.41, 5.74) is 6.65. The molecular weight excluding hydrogens is 247 g/mol. The second-order valence-corrected chi connectivity index (χ2v) is 3.78. The number of hydrogen-bond acceptors (Lipinski definition) is 2. The lowest BCUT2D eigenvalue weighted by atomic mass is 10.2. The average molecular weight is 259 g/mol. The molecule has 0 spiro atoms. The SMILES string of the molecule is NC(=[NH+]OC(=O)c1ccc(F)cc1)c1ccccc1. The predicted molar refractivity (Wildman–Crippen MR) is 67.5 cm³/mol. The molecule has 0 aliphatic rings. The molecule has 0 heterocycles. The molecule has 0 fully saturated rings. The van der Waals surface area contributed by atoms with E-state index in [0.717, 1.165) is 0 Å². The number of carbonyl (C=O) groups excluding carboxylic acids is 1. The van der Waals surface area contributed by atoms with Crippen molar-refractivity contribution in [1.82, 2.24) is 0 Å². The van der Waals surface area contributed by atoms with Crippen molar-refractivity contribution in [2.45, 2.75) is 0 Å². The lowest BCUT2D eigenvalue weighted by molar-refractivity contribution is -0.721. The van der Waals surface area contributed by atoms with Gasteiger partial charge >= 0.3 is 11.8 Å². The Morgan fingerprint density at radius 1 is 1.00 bits per heavy atom. The predicted octanol–water partition coefficient (Wildman–Crippen LogP) is 0.384. The topological polar surface area (TPSA) is 66.3 Å². The van der Waals surface area contributed by atoms with Gasteiger partial charge in [-0.1, -0.05) is 23.4 Å². The van der Waals surface area contributed by atoms with Crippen LogP contribution in [0.2, 0.25) is 0 Å². The van der Waals surface area contributed by atoms with Crippen LogP contribution in [-0.2, 0) is 4.84 Å². The third-order valence-corrected chi connectivity index (χ3v) is 2.42. The number of nitrogens with one attached hydrogen (secondary N) is 1. The highest BCUT2D eigenvalue weighted by Gasteiger charge is 2.10. The molecule has 2 aromatic rings. The largest absolute Gasteiger partial charge is 0.387 e. The zero-order valence-corrected chi connectivity index (χ0v) is 9.97. The number of amidine groups is 1. The normalized spacial score (nSPS) is 11.1. The summed E-state index contributed by atoms with van der Waals surface area (Å²) in [4.78, 5) is 16.4. The number of nitrogen functional groups attached to an aromatic ring is 1. The Hall–Kier alpha value is -2.69. The van der Waals surface area contributed by atoms with Gasteiger partial charge in [-0.2, -0.15) is 0 Å². The maximum atomic E-state index is 12.7. The summed E-state index contributed by atoms with van der Waals surface area (Å²) < 4.78 is 12.7. The maximum absolute atomic E-state index is 12.7. The zero-order valence-electron chi connectivity index (χ0n) is 9.97. The summed E-state index contributed by atoms with van der Waals surface area (Å²) in [6.45, 7) is 0. The minimum absolute atomic E-state index is 0.219. The monoisotopic (exact) mass is 259 g/mol. The molecular formula is C14H12FN2O2+. The Morgan fingerprint density at radius 2 is 1.63 bits per heavy atom. The first-order valence-electron chi connectivity index (χ1n) is 5.57. The first-order valence-corrected chi connectivity index (χ1v) is 5.57. The van der Waals surface area contributed by atoms with Crippen LogP contribution < -0.4 is 10.9 Å². The van der Waals surface area contributed by atoms with E-state index in [1.54, 1.807) is 12.1 Å². The van der Waals surface area contributed by atoms with Crippen molar-refractivity contribution in [2.75, 3.05) is 0 Å². The van der Waals surface area contributed by atoms with Crippen molar-refractivity contribution in [2.24, 2.45) is 5.73 Å². The van der Waals surface area contributed by atoms with Crippen molar-refractivity contribution < 1.29 is 19.2 Å². The second kappa shape index (κ2) is 5.77. The van der Waals surface area contributed by atoms with Gasteiger partial charge in [-0.15, -0.1) is 0 Å². The highest BCUT2D eigenvalue weighted by atomic mass is 19.1. The zero-order chi connectivity index (χ0) is 13.7. The van der Waals surface area contributed by atoms with Gasteiger partial charge in [0.1, 0.15) is 5.82 Å². The third kappa shape index (κ3) is 3.38. The fraction of sp³-hybridized carbons (Fsp3) is 0. The van der Waals surface area contributed by atoms with Crippen LogP contribution in [0.15, 0.2) is 54.6 Å². The van der Waals surface area contributed by atoms with E-state index in [4.69, 9.17) is 10.6 Å². The number of halogens is 1. The van der Waals surface area contributed by atoms with Gasteiger partial charge in [0.05, 0.1) is 11.1 Å². The Kier molecular flexibility index (Phi) is 3.87. The highest BCUT2D eigenvalue weighted by molar-refractivity contribution is 5.93. The number of hydrogen-bond donors (Lipinski definition) is 2. The molecule has 5 heteroatoms. The molecule has 2 aromatic carbocycles. The van der Waals surface area contributed by atoms with Crippen molar-refractivity contribution in [3.05, 3.63) is 71.5 Å². The van der Waals surface area contributed by atoms with E-state index < -0.39 is 11.8 Å². The summed E-state index contributed by atoms with van der Waals surface area (Å²) in [6.07, 6.45) is 0. The number of benzene rings is 2. The molecule has 0 atom stereocenters. The Labute approximate surface area is 109 Å². The van der Waals surface area contributed by atoms with Gasteiger partial charge in [0.25, 0.3) is 0 Å². The van der Waals surface area contributed by atoms with Gasteiger partial charge in [0.2, 0.25) is 0 Å². The Balaban J connectivity index is 2.06. The van der Waals surface area contributed by atoms with Crippen molar-refractivity contribution in [3.8, 4) is 0 Å². The molecule has 0 bridgehead atoms. The first kappa shape index (κ1) is 12.8. The molecule has 0 saturated carbocycles. The third-order valence-electron chi connectivity index (χ3n) is 2.42. The summed E-state index contributed by atoms with van der Waals surface area (Å²) in [7, 11) is 0. The van der Waals surface area contributed by atoms with Crippen molar-refractivity contribution >= 4 is 11.8 Å². The van der Waals surface area contributed by atoms with Gasteiger partial charge in [0, 0.05) is 0 Å². The van der Waals surface area contributed by atoms with Crippen LogP contribution in [0.3, 0.4) is 0 Å². The number of nitrogens with two attached hydrogens (primary N) is 1. The molecule has 96 valence electrons. The Morgan fingerprint density at radius 3 is 2.26 bits per heavy atom. The van der Waals surface area contributed by atoms with Crippen LogP contribution in [0.25, 0.3) is 0 Å². The van der Waals surface area contributed by atoms with E-state index in [-0.39, 0.29) is 11.4 Å². The Bertz CT molecular complexity index is 595. The fourth-order valence-corrected chi connectivity index (χ4v) is 1.42. The van der Waals surface area contributed by atoms with Crippen molar-refractivity contribution in [1.29, 1.82) is 0 Å². The minimum atomic E-state index is -0.640. The van der Waals surface area contributed by atoms with Crippen LogP contribution in [0.1, 0.15) is 15.9 Å². The van der Waals surface area contributed by atoms with Gasteiger partial charge in [-0.25, -0.2) is 9.18 Å². The van der Waals surface area contributed by atoms with Gasteiger partial charge in [-0.3, -0.25) is 10.6 Å². The van der Waals surface area contributed by atoms with Crippen LogP contribution in [0, 0.1) is 5.82 Å². The van der Waals surface area contributed by atoms with Crippen molar-refractivity contribution in [3.63, 3.8) is 0 Å². The van der Waals surface area contributed by atoms with Gasteiger partial charge in [0.15, 0.2) is 0 Å². The number of carbonyl (C=O) groups is 1. The standard InChI is InChI=1S/C14H11FN2O2/c15-12-8-6-11(7-9-12)14(18)19-17-13(16)10-4-2-1-3-5-10/h1-9H,(H2,16,17)/p+1. The average Bonchev–Trinajstić information content (AvgIpc) is 2.46. The molecule has 0 amide bonds. The maximum Gasteiger partial charge on any atom is 0.387 e. The lowest BCUT2D eigenvalue weighted by Gasteiger charge is -1.97. The lowest BCUT2D eigenvalue weighted by Crippen LogP contribution is -2.75. The fourth-order valence-electron chi connectivity index (χ4n) is 1.42. The van der Waals surface area contributed by atoms with E-state index in [9.17, 15) is 9.18 Å². The van der Waals surface area contributed by atoms with E-state index in [2.05, 4.69) is 5.16 Å². The van der Waals surface area contributed by atoms with Crippen LogP contribution in [-0.4, -0.2) is 11.8 Å². The van der Waals surface area contributed by atoms with E-state index >= 15 is 0 Å².